The molecule has 0 aliphatic rings. The average molecular weight is 253 g/mol. The van der Waals surface area contributed by atoms with E-state index >= 15 is 0 Å². The minimum Gasteiger partial charge on any atom is -0.496 e. The highest BCUT2D eigenvalue weighted by Gasteiger charge is 2.24. The highest BCUT2D eigenvalue weighted by atomic mass is 35.5. The highest BCUT2D eigenvalue weighted by molar-refractivity contribution is 6.44. The lowest BCUT2D eigenvalue weighted by molar-refractivity contribution is 0.182. The Morgan fingerprint density at radius 3 is 2.47 bits per heavy atom. The summed E-state index contributed by atoms with van der Waals surface area (Å²) < 4.78 is 18.6. The van der Waals surface area contributed by atoms with E-state index in [1.54, 1.807) is 19.1 Å². The Labute approximate surface area is 97.6 Å². The van der Waals surface area contributed by atoms with Gasteiger partial charge in [0.05, 0.1) is 12.7 Å². The number of ether oxygens (including phenoxy) is 1. The predicted octanol–water partition coefficient (Wildman–Crippen LogP) is 2.98. The smallest absolute Gasteiger partial charge is 0.138 e. The van der Waals surface area contributed by atoms with Crippen molar-refractivity contribution in [2.75, 3.05) is 7.11 Å². The third-order valence-electron chi connectivity index (χ3n) is 2.09. The molecule has 84 valence electrons. The molecule has 1 aromatic rings. The number of halogens is 3. The Morgan fingerprint density at radius 2 is 2.00 bits per heavy atom. The number of methoxy groups -OCH3 is 1. The van der Waals surface area contributed by atoms with Crippen LogP contribution >= 0.6 is 23.2 Å². The summed E-state index contributed by atoms with van der Waals surface area (Å²) in [5, 5.41) is 9.63. The van der Waals surface area contributed by atoms with E-state index in [-0.39, 0.29) is 11.3 Å². The Balaban J connectivity index is 3.29. The minimum atomic E-state index is -1.30. The van der Waals surface area contributed by atoms with Crippen LogP contribution in [0.5, 0.6) is 5.75 Å². The van der Waals surface area contributed by atoms with Gasteiger partial charge in [-0.05, 0) is 18.6 Å². The second-order valence-corrected chi connectivity index (χ2v) is 4.26. The topological polar surface area (TPSA) is 29.5 Å². The molecule has 0 saturated heterocycles. The molecule has 0 amide bonds. The van der Waals surface area contributed by atoms with Gasteiger partial charge in [-0.25, -0.2) is 4.39 Å². The van der Waals surface area contributed by atoms with Gasteiger partial charge in [0.1, 0.15) is 22.5 Å². The molecule has 1 rings (SSSR count). The fraction of sp³-hybridized carbons (Fsp3) is 0.400. The molecular weight excluding hydrogens is 242 g/mol. The van der Waals surface area contributed by atoms with Crippen LogP contribution in [0.25, 0.3) is 0 Å². The maximum atomic E-state index is 13.7. The van der Waals surface area contributed by atoms with Gasteiger partial charge < -0.3 is 9.84 Å². The van der Waals surface area contributed by atoms with Gasteiger partial charge in [-0.15, -0.1) is 23.2 Å². The standard InChI is InChI=1S/C10H11Cl2FO2/c1-5-3-4-6(15-2)7(8(5)13)9(14)10(11)12/h3-4,9-10,14H,1-2H3. The van der Waals surface area contributed by atoms with Crippen LogP contribution in [-0.2, 0) is 0 Å². The zero-order valence-corrected chi connectivity index (χ0v) is 9.81. The van der Waals surface area contributed by atoms with Crippen molar-refractivity contribution in [3.63, 3.8) is 0 Å². The number of benzene rings is 1. The van der Waals surface area contributed by atoms with Gasteiger partial charge in [0, 0.05) is 0 Å². The molecule has 0 spiro atoms. The van der Waals surface area contributed by atoms with Crippen LogP contribution in [0.3, 0.4) is 0 Å². The van der Waals surface area contributed by atoms with E-state index in [0.29, 0.717) is 5.56 Å². The predicted molar refractivity (Wildman–Crippen MR) is 58.1 cm³/mol. The molecule has 5 heteroatoms. The van der Waals surface area contributed by atoms with Gasteiger partial charge in [0.15, 0.2) is 0 Å². The monoisotopic (exact) mass is 252 g/mol. The summed E-state index contributed by atoms with van der Waals surface area (Å²) in [5.74, 6) is -0.315. The molecule has 0 aliphatic carbocycles. The maximum absolute atomic E-state index is 13.7. The zero-order chi connectivity index (χ0) is 11.6. The first-order chi connectivity index (χ1) is 6.99. The van der Waals surface area contributed by atoms with Crippen molar-refractivity contribution in [1.29, 1.82) is 0 Å². The minimum absolute atomic E-state index is 0.00694. The summed E-state index contributed by atoms with van der Waals surface area (Å²) in [6, 6.07) is 3.12. The van der Waals surface area contributed by atoms with E-state index in [9.17, 15) is 9.50 Å². The van der Waals surface area contributed by atoms with Gasteiger partial charge in [0.2, 0.25) is 0 Å². The van der Waals surface area contributed by atoms with Crippen LogP contribution in [-0.4, -0.2) is 17.1 Å². The van der Waals surface area contributed by atoms with Crippen LogP contribution < -0.4 is 4.74 Å². The van der Waals surface area contributed by atoms with Crippen LogP contribution in [0.15, 0.2) is 12.1 Å². The first-order valence-electron chi connectivity index (χ1n) is 4.28. The second kappa shape index (κ2) is 5.01. The van der Waals surface area contributed by atoms with Crippen molar-refractivity contribution in [1.82, 2.24) is 0 Å². The summed E-state index contributed by atoms with van der Waals surface area (Å²) in [7, 11) is 1.39. The third-order valence-corrected chi connectivity index (χ3v) is 2.56. The Morgan fingerprint density at radius 1 is 1.40 bits per heavy atom. The van der Waals surface area contributed by atoms with Gasteiger partial charge in [-0.1, -0.05) is 6.07 Å². The van der Waals surface area contributed by atoms with Crippen LogP contribution in [0.1, 0.15) is 17.2 Å². The fourth-order valence-electron chi connectivity index (χ4n) is 1.26. The lowest BCUT2D eigenvalue weighted by Gasteiger charge is -2.17. The number of aryl methyl sites for hydroxylation is 1. The number of aliphatic hydroxyl groups is 1. The molecule has 0 saturated carbocycles. The van der Waals surface area contributed by atoms with Crippen molar-refractivity contribution in [2.45, 2.75) is 17.9 Å². The molecule has 15 heavy (non-hydrogen) atoms. The van der Waals surface area contributed by atoms with E-state index in [4.69, 9.17) is 27.9 Å². The van der Waals surface area contributed by atoms with Gasteiger partial charge in [-0.2, -0.15) is 0 Å². The number of aliphatic hydroxyl groups excluding tert-OH is 1. The molecule has 1 unspecified atom stereocenters. The first kappa shape index (κ1) is 12.6. The quantitative estimate of drug-likeness (QED) is 0.839. The Bertz CT molecular complexity index is 356. The summed E-state index contributed by atoms with van der Waals surface area (Å²) in [6.45, 7) is 1.59. The highest BCUT2D eigenvalue weighted by Crippen LogP contribution is 2.34. The summed E-state index contributed by atoms with van der Waals surface area (Å²) in [4.78, 5) is -1.10. The molecule has 2 nitrogen and oxygen atoms in total. The maximum Gasteiger partial charge on any atom is 0.138 e. The number of rotatable bonds is 3. The Hall–Kier alpha value is -0.510. The van der Waals surface area contributed by atoms with Crippen molar-refractivity contribution in [3.05, 3.63) is 29.1 Å². The summed E-state index contributed by atoms with van der Waals surface area (Å²) in [5.41, 5.74) is 0.395. The molecule has 1 atom stereocenters. The van der Waals surface area contributed by atoms with Crippen LogP contribution in [0, 0.1) is 12.7 Å². The third kappa shape index (κ3) is 2.54. The van der Waals surface area contributed by atoms with E-state index < -0.39 is 16.8 Å². The normalized spacial score (nSPS) is 13.0. The van der Waals surface area contributed by atoms with Gasteiger partial charge >= 0.3 is 0 Å². The van der Waals surface area contributed by atoms with E-state index in [1.165, 1.54) is 7.11 Å². The molecule has 0 aliphatic heterocycles. The number of hydrogen-bond acceptors (Lipinski definition) is 2. The molecule has 0 fully saturated rings. The molecule has 1 N–H and O–H groups in total. The number of alkyl halides is 2. The molecule has 0 radical (unpaired) electrons. The second-order valence-electron chi connectivity index (χ2n) is 3.09. The van der Waals surface area contributed by atoms with Crippen LogP contribution in [0.4, 0.5) is 4.39 Å². The van der Waals surface area contributed by atoms with E-state index in [0.717, 1.165) is 0 Å². The average Bonchev–Trinajstić information content (AvgIpc) is 2.20. The Kier molecular flexibility index (Phi) is 4.20. The lowest BCUT2D eigenvalue weighted by Crippen LogP contribution is -2.11. The lowest BCUT2D eigenvalue weighted by atomic mass is 10.0. The molecule has 0 heterocycles. The van der Waals surface area contributed by atoms with Crippen molar-refractivity contribution < 1.29 is 14.2 Å². The van der Waals surface area contributed by atoms with Crippen molar-refractivity contribution >= 4 is 23.2 Å². The summed E-state index contributed by atoms with van der Waals surface area (Å²) >= 11 is 11.0. The number of hydrogen-bond donors (Lipinski definition) is 1. The first-order valence-corrected chi connectivity index (χ1v) is 5.15. The zero-order valence-electron chi connectivity index (χ0n) is 8.30. The molecular formula is C10H11Cl2FO2. The van der Waals surface area contributed by atoms with Crippen molar-refractivity contribution in [2.24, 2.45) is 0 Å². The summed E-state index contributed by atoms with van der Waals surface area (Å²) in [6.07, 6.45) is -1.30. The molecule has 0 aromatic heterocycles. The van der Waals surface area contributed by atoms with Crippen molar-refractivity contribution in [3.8, 4) is 5.75 Å². The largest absolute Gasteiger partial charge is 0.496 e. The fourth-order valence-corrected chi connectivity index (χ4v) is 1.52. The molecule has 0 bridgehead atoms. The van der Waals surface area contributed by atoms with Crippen LogP contribution in [0.2, 0.25) is 0 Å². The SMILES string of the molecule is COc1ccc(C)c(F)c1C(O)C(Cl)Cl. The van der Waals surface area contributed by atoms with Gasteiger partial charge in [-0.3, -0.25) is 0 Å². The van der Waals surface area contributed by atoms with Gasteiger partial charge in [0.25, 0.3) is 0 Å². The van der Waals surface area contributed by atoms with E-state index in [2.05, 4.69) is 0 Å². The van der Waals surface area contributed by atoms with E-state index in [1.807, 2.05) is 0 Å². The molecule has 1 aromatic carbocycles.